The molecule has 1 rings (SSSR count). The van der Waals surface area contributed by atoms with Crippen molar-refractivity contribution in [3.05, 3.63) is 0 Å². The topological polar surface area (TPSA) is 66.6 Å². The minimum Gasteiger partial charge on any atom is -0.344 e. The van der Waals surface area contributed by atoms with Crippen molar-refractivity contribution in [2.24, 2.45) is 17.6 Å². The summed E-state index contributed by atoms with van der Waals surface area (Å²) in [7, 11) is 1.83. The number of likely N-dealkylation sites (N-methyl/N-ethyl adjacent to an activating group) is 1. The first-order valence-corrected chi connectivity index (χ1v) is 9.04. The first-order valence-electron chi connectivity index (χ1n) is 9.04. The van der Waals surface area contributed by atoms with Gasteiger partial charge in [0.2, 0.25) is 11.8 Å². The lowest BCUT2D eigenvalue weighted by molar-refractivity contribution is -0.147. The molecule has 6 heteroatoms. The zero-order valence-electron chi connectivity index (χ0n) is 16.0. The van der Waals surface area contributed by atoms with Crippen LogP contribution in [-0.2, 0) is 9.59 Å². The third-order valence-electron chi connectivity index (χ3n) is 4.75. The van der Waals surface area contributed by atoms with Gasteiger partial charge in [-0.15, -0.1) is 12.4 Å². The standard InChI is InChI=1S/C18H35N3O2.ClH/c1-13(2)12-16(21-10-7-6-8-17(21)22)18(23)20(5)11-9-15(19)14(3)4;/h13-16H,6-12,19H2,1-5H3;1H. The second kappa shape index (κ2) is 10.9. The molecule has 0 aliphatic carbocycles. The highest BCUT2D eigenvalue weighted by Crippen LogP contribution is 2.20. The number of piperidine rings is 1. The van der Waals surface area contributed by atoms with Gasteiger partial charge in [0.1, 0.15) is 6.04 Å². The number of hydrogen-bond donors (Lipinski definition) is 1. The lowest BCUT2D eigenvalue weighted by Crippen LogP contribution is -2.52. The second-order valence-electron chi connectivity index (χ2n) is 7.65. The average molecular weight is 362 g/mol. The zero-order valence-corrected chi connectivity index (χ0v) is 16.8. The summed E-state index contributed by atoms with van der Waals surface area (Å²) in [6.07, 6.45) is 4.03. The molecule has 1 saturated heterocycles. The average Bonchev–Trinajstić information content (AvgIpc) is 2.49. The molecule has 0 bridgehead atoms. The number of amides is 2. The normalized spacial score (nSPS) is 17.7. The van der Waals surface area contributed by atoms with Crippen LogP contribution in [0.3, 0.4) is 0 Å². The number of carbonyl (C=O) groups is 2. The highest BCUT2D eigenvalue weighted by atomic mass is 35.5. The van der Waals surface area contributed by atoms with E-state index in [1.807, 2.05) is 11.9 Å². The van der Waals surface area contributed by atoms with Gasteiger partial charge in [-0.3, -0.25) is 9.59 Å². The Labute approximate surface area is 153 Å². The summed E-state index contributed by atoms with van der Waals surface area (Å²) in [5, 5.41) is 0. The number of rotatable bonds is 8. The van der Waals surface area contributed by atoms with Crippen molar-refractivity contribution in [2.45, 2.75) is 71.9 Å². The summed E-state index contributed by atoms with van der Waals surface area (Å²) in [5.41, 5.74) is 6.08. The van der Waals surface area contributed by atoms with Crippen LogP contribution in [0.1, 0.15) is 59.8 Å². The quantitative estimate of drug-likeness (QED) is 0.722. The highest BCUT2D eigenvalue weighted by molar-refractivity contribution is 5.88. The van der Waals surface area contributed by atoms with Crippen LogP contribution in [-0.4, -0.2) is 53.8 Å². The van der Waals surface area contributed by atoms with E-state index in [0.29, 0.717) is 31.3 Å². The largest absolute Gasteiger partial charge is 0.344 e. The molecular formula is C18H36ClN3O2. The zero-order chi connectivity index (χ0) is 17.6. The molecule has 142 valence electrons. The van der Waals surface area contributed by atoms with Crippen molar-refractivity contribution in [3.8, 4) is 0 Å². The monoisotopic (exact) mass is 361 g/mol. The molecule has 0 radical (unpaired) electrons. The molecule has 2 atom stereocenters. The lowest BCUT2D eigenvalue weighted by atomic mass is 9.97. The Kier molecular flexibility index (Phi) is 10.6. The Balaban J connectivity index is 0.00000529. The van der Waals surface area contributed by atoms with Crippen LogP contribution in [0, 0.1) is 11.8 Å². The third-order valence-corrected chi connectivity index (χ3v) is 4.75. The number of carbonyl (C=O) groups excluding carboxylic acids is 2. The maximum atomic E-state index is 12.9. The summed E-state index contributed by atoms with van der Waals surface area (Å²) in [6, 6.07) is -0.214. The van der Waals surface area contributed by atoms with Crippen LogP contribution in [0.4, 0.5) is 0 Å². The Morgan fingerprint density at radius 1 is 1.25 bits per heavy atom. The SMILES string of the molecule is CC(C)CC(C(=O)N(C)CCC(N)C(C)C)N1CCCCC1=O.Cl. The van der Waals surface area contributed by atoms with Gasteiger partial charge in [-0.05, 0) is 37.5 Å². The van der Waals surface area contributed by atoms with Gasteiger partial charge in [0, 0.05) is 32.6 Å². The number of likely N-dealkylation sites (tertiary alicyclic amines) is 1. The van der Waals surface area contributed by atoms with Gasteiger partial charge in [0.15, 0.2) is 0 Å². The summed E-state index contributed by atoms with van der Waals surface area (Å²) in [4.78, 5) is 28.7. The van der Waals surface area contributed by atoms with E-state index in [4.69, 9.17) is 5.73 Å². The highest BCUT2D eigenvalue weighted by Gasteiger charge is 2.33. The van der Waals surface area contributed by atoms with E-state index in [1.165, 1.54) is 0 Å². The minimum atomic E-state index is -0.317. The molecule has 2 unspecified atom stereocenters. The molecule has 1 aliphatic rings. The fraction of sp³-hybridized carbons (Fsp3) is 0.889. The molecule has 1 fully saturated rings. The summed E-state index contributed by atoms with van der Waals surface area (Å²) < 4.78 is 0. The van der Waals surface area contributed by atoms with Gasteiger partial charge in [0.25, 0.3) is 0 Å². The van der Waals surface area contributed by atoms with Crippen LogP contribution in [0.2, 0.25) is 0 Å². The van der Waals surface area contributed by atoms with Crippen LogP contribution >= 0.6 is 12.4 Å². The predicted molar refractivity (Wildman–Crippen MR) is 101 cm³/mol. The van der Waals surface area contributed by atoms with Gasteiger partial charge in [-0.25, -0.2) is 0 Å². The van der Waals surface area contributed by atoms with Crippen LogP contribution in [0.5, 0.6) is 0 Å². The van der Waals surface area contributed by atoms with Crippen molar-refractivity contribution in [1.29, 1.82) is 0 Å². The van der Waals surface area contributed by atoms with Gasteiger partial charge < -0.3 is 15.5 Å². The van der Waals surface area contributed by atoms with Gasteiger partial charge in [-0.2, -0.15) is 0 Å². The summed E-state index contributed by atoms with van der Waals surface area (Å²) >= 11 is 0. The molecule has 24 heavy (non-hydrogen) atoms. The van der Waals surface area contributed by atoms with E-state index in [0.717, 1.165) is 25.7 Å². The molecule has 2 amide bonds. The van der Waals surface area contributed by atoms with Crippen LogP contribution in [0.25, 0.3) is 0 Å². The molecule has 1 heterocycles. The number of halogens is 1. The maximum Gasteiger partial charge on any atom is 0.245 e. The van der Waals surface area contributed by atoms with Gasteiger partial charge in [-0.1, -0.05) is 27.7 Å². The summed E-state index contributed by atoms with van der Waals surface area (Å²) in [6.45, 7) is 9.75. The van der Waals surface area contributed by atoms with E-state index in [9.17, 15) is 9.59 Å². The van der Waals surface area contributed by atoms with Crippen molar-refractivity contribution in [1.82, 2.24) is 9.80 Å². The van der Waals surface area contributed by atoms with E-state index in [1.54, 1.807) is 4.90 Å². The fourth-order valence-electron chi connectivity index (χ4n) is 3.00. The summed E-state index contributed by atoms with van der Waals surface area (Å²) in [5.74, 6) is 0.978. The Hall–Kier alpha value is -0.810. The van der Waals surface area contributed by atoms with E-state index >= 15 is 0 Å². The van der Waals surface area contributed by atoms with Gasteiger partial charge in [0.05, 0.1) is 0 Å². The van der Waals surface area contributed by atoms with Crippen molar-refractivity contribution in [2.75, 3.05) is 20.1 Å². The lowest BCUT2D eigenvalue weighted by Gasteiger charge is -2.37. The smallest absolute Gasteiger partial charge is 0.245 e. The Morgan fingerprint density at radius 2 is 1.88 bits per heavy atom. The van der Waals surface area contributed by atoms with Crippen molar-refractivity contribution < 1.29 is 9.59 Å². The molecule has 2 N–H and O–H groups in total. The second-order valence-corrected chi connectivity index (χ2v) is 7.65. The molecule has 5 nitrogen and oxygen atoms in total. The molecule has 0 spiro atoms. The molecule has 1 aliphatic heterocycles. The number of nitrogens with zero attached hydrogens (tertiary/aromatic N) is 2. The van der Waals surface area contributed by atoms with E-state index in [-0.39, 0.29) is 36.3 Å². The Morgan fingerprint density at radius 3 is 2.38 bits per heavy atom. The number of hydrogen-bond acceptors (Lipinski definition) is 3. The molecule has 0 saturated carbocycles. The van der Waals surface area contributed by atoms with Crippen molar-refractivity contribution >= 4 is 24.2 Å². The van der Waals surface area contributed by atoms with Crippen LogP contribution in [0.15, 0.2) is 0 Å². The molecular weight excluding hydrogens is 326 g/mol. The first-order chi connectivity index (χ1) is 10.7. The van der Waals surface area contributed by atoms with Crippen molar-refractivity contribution in [3.63, 3.8) is 0 Å². The van der Waals surface area contributed by atoms with Crippen LogP contribution < -0.4 is 5.73 Å². The molecule has 0 aromatic carbocycles. The Bertz CT molecular complexity index is 402. The van der Waals surface area contributed by atoms with E-state index < -0.39 is 0 Å². The predicted octanol–water partition coefficient (Wildman–Crippen LogP) is 2.67. The minimum absolute atomic E-state index is 0. The molecule has 0 aromatic rings. The molecule has 0 aromatic heterocycles. The third kappa shape index (κ3) is 6.98. The van der Waals surface area contributed by atoms with E-state index in [2.05, 4.69) is 27.7 Å². The first kappa shape index (κ1) is 23.2. The maximum absolute atomic E-state index is 12.9. The number of nitrogens with two attached hydrogens (primary N) is 1. The fourth-order valence-corrected chi connectivity index (χ4v) is 3.00. The van der Waals surface area contributed by atoms with Gasteiger partial charge >= 0.3 is 0 Å².